The second-order valence-corrected chi connectivity index (χ2v) is 7.97. The Hall–Kier alpha value is -1.28. The van der Waals surface area contributed by atoms with E-state index in [-0.39, 0.29) is 11.2 Å². The smallest absolute Gasteiger partial charge is 0.196 e. The molecule has 8 heteroatoms. The van der Waals surface area contributed by atoms with E-state index >= 15 is 0 Å². The van der Waals surface area contributed by atoms with Crippen molar-refractivity contribution < 1.29 is 4.39 Å². The highest BCUT2D eigenvalue weighted by Crippen LogP contribution is 2.37. The van der Waals surface area contributed by atoms with Crippen LogP contribution in [-0.4, -0.2) is 16.0 Å². The molecule has 0 fully saturated rings. The lowest BCUT2D eigenvalue weighted by molar-refractivity contribution is 0.653. The number of hydrogen-bond donors (Lipinski definition) is 2. The molecule has 122 valence electrons. The van der Waals surface area contributed by atoms with E-state index in [0.717, 1.165) is 39.2 Å². The fraction of sp³-hybridized carbons (Fsp3) is 0.333. The maximum absolute atomic E-state index is 13.0. The summed E-state index contributed by atoms with van der Waals surface area (Å²) in [6.07, 6.45) is 2.04. The highest BCUT2D eigenvalue weighted by molar-refractivity contribution is 7.19. The zero-order valence-electron chi connectivity index (χ0n) is 12.7. The summed E-state index contributed by atoms with van der Waals surface area (Å²) in [4.78, 5) is 9.68. The SMILES string of the molecule is Cc1c(CC(C)N)sc2c(NCc3ncc(F)s3)cc(Cl)nc12. The summed E-state index contributed by atoms with van der Waals surface area (Å²) in [7, 11) is 0. The Morgan fingerprint density at radius 3 is 2.87 bits per heavy atom. The number of rotatable bonds is 5. The number of nitrogens with zero attached hydrogens (tertiary/aromatic N) is 2. The van der Waals surface area contributed by atoms with E-state index in [1.54, 1.807) is 17.4 Å². The molecule has 4 nitrogen and oxygen atoms in total. The van der Waals surface area contributed by atoms with Crippen LogP contribution in [0.1, 0.15) is 22.4 Å². The lowest BCUT2D eigenvalue weighted by atomic mass is 10.1. The Labute approximate surface area is 146 Å². The molecule has 3 rings (SSSR count). The van der Waals surface area contributed by atoms with Crippen molar-refractivity contribution in [2.75, 3.05) is 5.32 Å². The average molecular weight is 371 g/mol. The first-order valence-electron chi connectivity index (χ1n) is 7.12. The van der Waals surface area contributed by atoms with Gasteiger partial charge in [-0.2, -0.15) is 4.39 Å². The molecule has 0 amide bonds. The second-order valence-electron chi connectivity index (χ2n) is 5.41. The predicted octanol–water partition coefficient (Wildman–Crippen LogP) is 4.36. The van der Waals surface area contributed by atoms with Gasteiger partial charge in [0.15, 0.2) is 5.13 Å². The zero-order valence-corrected chi connectivity index (χ0v) is 15.1. The molecule has 23 heavy (non-hydrogen) atoms. The standard InChI is InChI=1S/C15H16ClFN4S2/c1-7(18)3-10-8(2)14-15(22-10)9(4-11(16)21-14)19-6-13-20-5-12(17)23-13/h4-5,7H,3,6,18H2,1-2H3,(H,19,21). The van der Waals surface area contributed by atoms with Crippen molar-refractivity contribution in [3.8, 4) is 0 Å². The topological polar surface area (TPSA) is 63.8 Å². The number of thiazole rings is 1. The zero-order chi connectivity index (χ0) is 16.6. The lowest BCUT2D eigenvalue weighted by Gasteiger charge is -2.06. The summed E-state index contributed by atoms with van der Waals surface area (Å²) in [5.74, 6) is 0. The minimum Gasteiger partial charge on any atom is -0.377 e. The van der Waals surface area contributed by atoms with Gasteiger partial charge in [0.2, 0.25) is 0 Å². The van der Waals surface area contributed by atoms with Crippen molar-refractivity contribution in [2.45, 2.75) is 32.9 Å². The maximum Gasteiger partial charge on any atom is 0.196 e. The maximum atomic E-state index is 13.0. The number of fused-ring (bicyclic) bond motifs is 1. The molecule has 3 aromatic rings. The van der Waals surface area contributed by atoms with Gasteiger partial charge in [-0.15, -0.1) is 11.3 Å². The van der Waals surface area contributed by atoms with Gasteiger partial charge in [-0.3, -0.25) is 0 Å². The van der Waals surface area contributed by atoms with Gasteiger partial charge in [-0.05, 0) is 25.8 Å². The molecule has 0 aromatic carbocycles. The van der Waals surface area contributed by atoms with Crippen molar-refractivity contribution in [1.29, 1.82) is 0 Å². The van der Waals surface area contributed by atoms with Gasteiger partial charge in [0, 0.05) is 17.0 Å². The predicted molar refractivity (Wildman–Crippen MR) is 96.1 cm³/mol. The Kier molecular flexibility index (Phi) is 4.82. The molecule has 0 aliphatic rings. The van der Waals surface area contributed by atoms with E-state index in [0.29, 0.717) is 16.7 Å². The Morgan fingerprint density at radius 2 is 2.22 bits per heavy atom. The third-order valence-corrected chi connectivity index (χ3v) is 5.72. The van der Waals surface area contributed by atoms with Crippen LogP contribution in [0, 0.1) is 12.1 Å². The van der Waals surface area contributed by atoms with Crippen LogP contribution in [0.15, 0.2) is 12.3 Å². The number of anilines is 1. The van der Waals surface area contributed by atoms with Gasteiger partial charge in [0.05, 0.1) is 28.6 Å². The molecule has 3 N–H and O–H groups in total. The van der Waals surface area contributed by atoms with Crippen LogP contribution in [0.2, 0.25) is 5.15 Å². The molecule has 0 aliphatic carbocycles. The van der Waals surface area contributed by atoms with Gasteiger partial charge in [0.1, 0.15) is 10.2 Å². The van der Waals surface area contributed by atoms with Crippen molar-refractivity contribution in [2.24, 2.45) is 5.73 Å². The third-order valence-electron chi connectivity index (χ3n) is 3.40. The number of thiophene rings is 1. The number of nitrogens with two attached hydrogens (primary N) is 1. The first kappa shape index (κ1) is 16.6. The Morgan fingerprint density at radius 1 is 1.43 bits per heavy atom. The van der Waals surface area contributed by atoms with Gasteiger partial charge in [-0.1, -0.05) is 22.9 Å². The average Bonchev–Trinajstić information content (AvgIpc) is 3.02. The van der Waals surface area contributed by atoms with Crippen LogP contribution in [0.5, 0.6) is 0 Å². The monoisotopic (exact) mass is 370 g/mol. The minimum absolute atomic E-state index is 0.0898. The van der Waals surface area contributed by atoms with Crippen LogP contribution in [0.3, 0.4) is 0 Å². The molecule has 0 saturated heterocycles. The van der Waals surface area contributed by atoms with Gasteiger partial charge in [0.25, 0.3) is 0 Å². The summed E-state index contributed by atoms with van der Waals surface area (Å²) in [6, 6.07) is 1.88. The first-order valence-corrected chi connectivity index (χ1v) is 9.13. The molecule has 1 atom stereocenters. The van der Waals surface area contributed by atoms with Gasteiger partial charge >= 0.3 is 0 Å². The van der Waals surface area contributed by atoms with Gasteiger partial charge < -0.3 is 11.1 Å². The van der Waals surface area contributed by atoms with Crippen LogP contribution in [0.25, 0.3) is 10.2 Å². The van der Waals surface area contributed by atoms with E-state index in [4.69, 9.17) is 17.3 Å². The summed E-state index contributed by atoms with van der Waals surface area (Å²) in [6.45, 7) is 4.48. The summed E-state index contributed by atoms with van der Waals surface area (Å²) in [5.41, 5.74) is 8.82. The highest BCUT2D eigenvalue weighted by Gasteiger charge is 2.15. The van der Waals surface area contributed by atoms with Crippen molar-refractivity contribution in [3.05, 3.63) is 38.0 Å². The van der Waals surface area contributed by atoms with Crippen LogP contribution < -0.4 is 11.1 Å². The molecule has 0 spiro atoms. The molecule has 0 bridgehead atoms. The largest absolute Gasteiger partial charge is 0.377 e. The van der Waals surface area contributed by atoms with Gasteiger partial charge in [-0.25, -0.2) is 9.97 Å². The van der Waals surface area contributed by atoms with E-state index in [9.17, 15) is 4.39 Å². The second kappa shape index (κ2) is 6.68. The van der Waals surface area contributed by atoms with Crippen molar-refractivity contribution in [3.63, 3.8) is 0 Å². The van der Waals surface area contributed by atoms with E-state index < -0.39 is 0 Å². The fourth-order valence-corrected chi connectivity index (χ4v) is 4.50. The first-order chi connectivity index (χ1) is 10.9. The fourth-order valence-electron chi connectivity index (χ4n) is 2.35. The molecule has 0 saturated carbocycles. The number of pyridine rings is 1. The quantitative estimate of drug-likeness (QED) is 0.655. The molecular weight excluding hydrogens is 355 g/mol. The lowest BCUT2D eigenvalue weighted by Crippen LogP contribution is -2.17. The molecule has 3 heterocycles. The number of aryl methyl sites for hydroxylation is 1. The molecule has 0 aliphatic heterocycles. The summed E-state index contributed by atoms with van der Waals surface area (Å²) < 4.78 is 14.1. The number of halogens is 2. The summed E-state index contributed by atoms with van der Waals surface area (Å²) >= 11 is 8.86. The Bertz CT molecular complexity index is 843. The van der Waals surface area contributed by atoms with Crippen molar-refractivity contribution >= 4 is 50.2 Å². The highest BCUT2D eigenvalue weighted by atomic mass is 35.5. The molecule has 0 radical (unpaired) electrons. The number of nitrogens with one attached hydrogen (secondary N) is 1. The van der Waals surface area contributed by atoms with Crippen LogP contribution in [-0.2, 0) is 13.0 Å². The van der Waals surface area contributed by atoms with Crippen LogP contribution in [0.4, 0.5) is 10.1 Å². The normalized spacial score (nSPS) is 12.7. The summed E-state index contributed by atoms with van der Waals surface area (Å²) in [5, 5.41) is 4.12. The van der Waals surface area contributed by atoms with E-state index in [1.807, 2.05) is 13.8 Å². The van der Waals surface area contributed by atoms with Crippen molar-refractivity contribution in [1.82, 2.24) is 9.97 Å². The third kappa shape index (κ3) is 3.63. The minimum atomic E-state index is -0.286. The number of aromatic nitrogens is 2. The number of hydrogen-bond acceptors (Lipinski definition) is 6. The Balaban J connectivity index is 1.95. The van der Waals surface area contributed by atoms with E-state index in [2.05, 4.69) is 15.3 Å². The van der Waals surface area contributed by atoms with Crippen LogP contribution >= 0.6 is 34.3 Å². The van der Waals surface area contributed by atoms with E-state index in [1.165, 1.54) is 11.1 Å². The molecular formula is C15H16ClFN4S2. The molecule has 1 unspecified atom stereocenters. The molecule has 3 aromatic heterocycles.